The van der Waals surface area contributed by atoms with Gasteiger partial charge in [0, 0.05) is 18.6 Å². The van der Waals surface area contributed by atoms with E-state index in [2.05, 4.69) is 55.1 Å². The Morgan fingerprint density at radius 2 is 1.89 bits per heavy atom. The quantitative estimate of drug-likeness (QED) is 0.902. The Morgan fingerprint density at radius 1 is 1.21 bits per heavy atom. The molecule has 106 valence electrons. The molecule has 2 atom stereocenters. The van der Waals surface area contributed by atoms with E-state index in [1.54, 1.807) is 0 Å². The highest BCUT2D eigenvalue weighted by atomic mass is 15.2. The predicted molar refractivity (Wildman–Crippen MR) is 81.3 cm³/mol. The van der Waals surface area contributed by atoms with Crippen molar-refractivity contribution >= 4 is 0 Å². The van der Waals surface area contributed by atoms with E-state index in [4.69, 9.17) is 5.73 Å². The summed E-state index contributed by atoms with van der Waals surface area (Å²) in [4.78, 5) is 4.82. The molecule has 2 unspecified atom stereocenters. The third-order valence-corrected chi connectivity index (χ3v) is 4.30. The highest BCUT2D eigenvalue weighted by molar-refractivity contribution is 5.26. The van der Waals surface area contributed by atoms with Gasteiger partial charge in [-0.2, -0.15) is 0 Å². The lowest BCUT2D eigenvalue weighted by Gasteiger charge is -2.32. The molecule has 0 radical (unpaired) electrons. The molecular weight excluding hydrogens is 234 g/mol. The fourth-order valence-corrected chi connectivity index (χ4v) is 2.89. The van der Waals surface area contributed by atoms with Crippen LogP contribution in [0.25, 0.3) is 0 Å². The molecular formula is C16H27N3. The zero-order valence-corrected chi connectivity index (χ0v) is 12.5. The van der Waals surface area contributed by atoms with E-state index in [1.807, 2.05) is 0 Å². The standard InChI is InChI=1S/C16H27N3/c1-4-13-6-8-14(9-7-13)16(17)15-12-18(2)10-5-11-19(15)3/h6-9,15-16H,4-5,10-12,17H2,1-3H3. The number of aryl methyl sites for hydroxylation is 1. The second-order valence-corrected chi connectivity index (χ2v) is 5.78. The minimum atomic E-state index is 0.0939. The van der Waals surface area contributed by atoms with Crippen molar-refractivity contribution < 1.29 is 0 Å². The van der Waals surface area contributed by atoms with E-state index in [0.717, 1.165) is 19.5 Å². The van der Waals surface area contributed by atoms with Crippen molar-refractivity contribution in [1.29, 1.82) is 0 Å². The van der Waals surface area contributed by atoms with Crippen molar-refractivity contribution in [3.8, 4) is 0 Å². The lowest BCUT2D eigenvalue weighted by Crippen LogP contribution is -2.45. The molecule has 0 bridgehead atoms. The van der Waals surface area contributed by atoms with Crippen LogP contribution in [0.5, 0.6) is 0 Å². The molecule has 2 N–H and O–H groups in total. The number of hydrogen-bond acceptors (Lipinski definition) is 3. The Hall–Kier alpha value is -0.900. The number of hydrogen-bond donors (Lipinski definition) is 1. The zero-order chi connectivity index (χ0) is 13.8. The van der Waals surface area contributed by atoms with E-state index in [1.165, 1.54) is 24.1 Å². The molecule has 1 aliphatic rings. The largest absolute Gasteiger partial charge is 0.323 e. The second kappa shape index (κ2) is 6.51. The molecule has 1 fully saturated rings. The van der Waals surface area contributed by atoms with Gasteiger partial charge in [0.15, 0.2) is 0 Å². The summed E-state index contributed by atoms with van der Waals surface area (Å²) in [6.07, 6.45) is 2.31. The molecule has 1 saturated heterocycles. The highest BCUT2D eigenvalue weighted by Gasteiger charge is 2.26. The van der Waals surface area contributed by atoms with Crippen LogP contribution in [-0.2, 0) is 6.42 Å². The molecule has 3 heteroatoms. The summed E-state index contributed by atoms with van der Waals surface area (Å²) in [5.41, 5.74) is 9.15. The minimum absolute atomic E-state index is 0.0939. The van der Waals surface area contributed by atoms with Crippen LogP contribution in [0.3, 0.4) is 0 Å². The van der Waals surface area contributed by atoms with Crippen molar-refractivity contribution in [2.45, 2.75) is 31.8 Å². The van der Waals surface area contributed by atoms with Gasteiger partial charge >= 0.3 is 0 Å². The molecule has 0 spiro atoms. The fourth-order valence-electron chi connectivity index (χ4n) is 2.89. The van der Waals surface area contributed by atoms with Gasteiger partial charge in [-0.05, 0) is 51.2 Å². The maximum Gasteiger partial charge on any atom is 0.0465 e. The van der Waals surface area contributed by atoms with E-state index in [9.17, 15) is 0 Å². The summed E-state index contributed by atoms with van der Waals surface area (Å²) in [6.45, 7) is 5.54. The first-order valence-corrected chi connectivity index (χ1v) is 7.35. The minimum Gasteiger partial charge on any atom is -0.323 e. The molecule has 2 rings (SSSR count). The van der Waals surface area contributed by atoms with Crippen LogP contribution in [0.1, 0.15) is 30.5 Å². The Labute approximate surface area is 117 Å². The molecule has 0 aromatic heterocycles. The monoisotopic (exact) mass is 261 g/mol. The molecule has 19 heavy (non-hydrogen) atoms. The lowest BCUT2D eigenvalue weighted by molar-refractivity contribution is 0.196. The molecule has 1 aromatic rings. The van der Waals surface area contributed by atoms with E-state index < -0.39 is 0 Å². The number of benzene rings is 1. The van der Waals surface area contributed by atoms with Crippen LogP contribution in [0.2, 0.25) is 0 Å². The van der Waals surface area contributed by atoms with Gasteiger partial charge in [0.05, 0.1) is 0 Å². The second-order valence-electron chi connectivity index (χ2n) is 5.78. The van der Waals surface area contributed by atoms with Crippen LogP contribution in [0.15, 0.2) is 24.3 Å². The number of nitrogens with zero attached hydrogens (tertiary/aromatic N) is 2. The summed E-state index contributed by atoms with van der Waals surface area (Å²) in [6, 6.07) is 9.30. The van der Waals surface area contributed by atoms with Gasteiger partial charge < -0.3 is 15.5 Å². The number of likely N-dealkylation sites (N-methyl/N-ethyl adjacent to an activating group) is 2. The van der Waals surface area contributed by atoms with Gasteiger partial charge in [0.1, 0.15) is 0 Å². The third-order valence-electron chi connectivity index (χ3n) is 4.30. The Bertz CT molecular complexity index is 387. The fraction of sp³-hybridized carbons (Fsp3) is 0.625. The summed E-state index contributed by atoms with van der Waals surface area (Å²) in [5.74, 6) is 0. The maximum atomic E-state index is 6.52. The van der Waals surface area contributed by atoms with Gasteiger partial charge in [-0.1, -0.05) is 31.2 Å². The van der Waals surface area contributed by atoms with E-state index in [-0.39, 0.29) is 6.04 Å². The molecule has 0 amide bonds. The van der Waals surface area contributed by atoms with Crippen molar-refractivity contribution in [3.05, 3.63) is 35.4 Å². The van der Waals surface area contributed by atoms with Gasteiger partial charge in [0.25, 0.3) is 0 Å². The average Bonchev–Trinajstić information content (AvgIpc) is 2.60. The van der Waals surface area contributed by atoms with E-state index >= 15 is 0 Å². The average molecular weight is 261 g/mol. The van der Waals surface area contributed by atoms with Crippen molar-refractivity contribution in [2.75, 3.05) is 33.7 Å². The van der Waals surface area contributed by atoms with Crippen LogP contribution in [0.4, 0.5) is 0 Å². The summed E-state index contributed by atoms with van der Waals surface area (Å²) >= 11 is 0. The SMILES string of the molecule is CCc1ccc(C(N)C2CN(C)CCCN2C)cc1. The van der Waals surface area contributed by atoms with Gasteiger partial charge in [-0.3, -0.25) is 0 Å². The Morgan fingerprint density at radius 3 is 2.53 bits per heavy atom. The normalized spacial score (nSPS) is 24.1. The Kier molecular flexibility index (Phi) is 4.97. The number of nitrogens with two attached hydrogens (primary N) is 1. The van der Waals surface area contributed by atoms with Crippen LogP contribution < -0.4 is 5.73 Å². The molecule has 0 saturated carbocycles. The number of rotatable bonds is 3. The first kappa shape index (κ1) is 14.5. The summed E-state index contributed by atoms with van der Waals surface area (Å²) in [7, 11) is 4.39. The van der Waals surface area contributed by atoms with E-state index in [0.29, 0.717) is 6.04 Å². The molecule has 3 nitrogen and oxygen atoms in total. The van der Waals surface area contributed by atoms with Gasteiger partial charge in [-0.25, -0.2) is 0 Å². The van der Waals surface area contributed by atoms with Crippen molar-refractivity contribution in [2.24, 2.45) is 5.73 Å². The van der Waals surface area contributed by atoms with Gasteiger partial charge in [-0.15, -0.1) is 0 Å². The van der Waals surface area contributed by atoms with Crippen molar-refractivity contribution in [3.63, 3.8) is 0 Å². The highest BCUT2D eigenvalue weighted by Crippen LogP contribution is 2.21. The van der Waals surface area contributed by atoms with Crippen LogP contribution in [-0.4, -0.2) is 49.6 Å². The first-order chi connectivity index (χ1) is 9.11. The molecule has 1 aromatic carbocycles. The maximum absolute atomic E-state index is 6.52. The lowest BCUT2D eigenvalue weighted by atomic mass is 9.97. The van der Waals surface area contributed by atoms with Crippen molar-refractivity contribution in [1.82, 2.24) is 9.80 Å². The smallest absolute Gasteiger partial charge is 0.0465 e. The topological polar surface area (TPSA) is 32.5 Å². The molecule has 1 aliphatic heterocycles. The third kappa shape index (κ3) is 3.56. The molecule has 0 aliphatic carbocycles. The van der Waals surface area contributed by atoms with Gasteiger partial charge in [0.2, 0.25) is 0 Å². The first-order valence-electron chi connectivity index (χ1n) is 7.35. The van der Waals surface area contributed by atoms with Crippen LogP contribution >= 0.6 is 0 Å². The summed E-state index contributed by atoms with van der Waals surface area (Å²) < 4.78 is 0. The predicted octanol–water partition coefficient (Wildman–Crippen LogP) is 1.88. The summed E-state index contributed by atoms with van der Waals surface area (Å²) in [5, 5.41) is 0. The molecule has 1 heterocycles. The Balaban J connectivity index is 2.13. The zero-order valence-electron chi connectivity index (χ0n) is 12.5. The van der Waals surface area contributed by atoms with Crippen LogP contribution in [0, 0.1) is 0 Å².